The number of fused-ring (bicyclic) bond motifs is 2. The zero-order valence-electron chi connectivity index (χ0n) is 20.5. The van der Waals surface area contributed by atoms with Crippen LogP contribution in [-0.4, -0.2) is 65.6 Å². The summed E-state index contributed by atoms with van der Waals surface area (Å²) in [6, 6.07) is 10.2. The minimum Gasteiger partial charge on any atom is -0.337 e. The van der Waals surface area contributed by atoms with Gasteiger partial charge in [-0.1, -0.05) is 12.1 Å². The molecule has 2 aliphatic rings. The molecular weight excluding hydrogens is 484 g/mol. The van der Waals surface area contributed by atoms with Crippen LogP contribution in [0.4, 0.5) is 0 Å². The predicted octanol–water partition coefficient (Wildman–Crippen LogP) is 3.12. The molecule has 0 N–H and O–H groups in total. The lowest BCUT2D eigenvalue weighted by Crippen LogP contribution is -2.31. The summed E-state index contributed by atoms with van der Waals surface area (Å²) in [5.41, 5.74) is 2.84. The number of imidazole rings is 2. The number of aryl methyl sites for hydroxylation is 2. The van der Waals surface area contributed by atoms with Crippen LogP contribution in [0, 0.1) is 0 Å². The molecule has 0 spiro atoms. The van der Waals surface area contributed by atoms with Crippen LogP contribution in [0.3, 0.4) is 0 Å². The summed E-state index contributed by atoms with van der Waals surface area (Å²) < 4.78 is 3.80. The SMILES string of the molecule is O=C1c2ccc(-c3ccc4c(c3)C(=O)N(CCCn3ccnc3)C4=O)cc2C(=O)N1CCCn1ccnc1. The molecule has 0 atom stereocenters. The topological polar surface area (TPSA) is 110 Å². The number of aromatic nitrogens is 4. The number of benzene rings is 2. The minimum absolute atomic E-state index is 0.303. The molecule has 4 heterocycles. The summed E-state index contributed by atoms with van der Waals surface area (Å²) in [6.45, 7) is 1.93. The number of nitrogens with zero attached hydrogens (tertiary/aromatic N) is 6. The fourth-order valence-electron chi connectivity index (χ4n) is 5.01. The zero-order chi connectivity index (χ0) is 26.2. The van der Waals surface area contributed by atoms with E-state index in [9.17, 15) is 19.2 Å². The van der Waals surface area contributed by atoms with Crippen LogP contribution in [0.2, 0.25) is 0 Å². The highest BCUT2D eigenvalue weighted by Crippen LogP contribution is 2.32. The highest BCUT2D eigenvalue weighted by atomic mass is 16.2. The van der Waals surface area contributed by atoms with Crippen molar-refractivity contribution < 1.29 is 19.2 Å². The third-order valence-corrected chi connectivity index (χ3v) is 6.99. The highest BCUT2D eigenvalue weighted by Gasteiger charge is 2.37. The van der Waals surface area contributed by atoms with E-state index in [1.807, 2.05) is 21.5 Å². The maximum Gasteiger partial charge on any atom is 0.261 e. The van der Waals surface area contributed by atoms with E-state index >= 15 is 0 Å². The van der Waals surface area contributed by atoms with Gasteiger partial charge in [0.15, 0.2) is 0 Å². The van der Waals surface area contributed by atoms with E-state index in [1.165, 1.54) is 9.80 Å². The fraction of sp³-hybridized carbons (Fsp3) is 0.214. The van der Waals surface area contributed by atoms with E-state index in [4.69, 9.17) is 0 Å². The highest BCUT2D eigenvalue weighted by molar-refractivity contribution is 6.23. The standard InChI is InChI=1S/C28H24N6O4/c35-25-21-5-3-19(15-23(21)27(37)33(25)11-1-9-31-13-7-29-17-31)20-4-6-22-24(16-20)28(38)34(26(22)36)12-2-10-32-14-8-30-18-32/h3-8,13-18H,1-2,9-12H2. The number of amides is 4. The first-order valence-corrected chi connectivity index (χ1v) is 12.4. The third-order valence-electron chi connectivity index (χ3n) is 6.99. The molecule has 0 radical (unpaired) electrons. The maximum absolute atomic E-state index is 13.1. The van der Waals surface area contributed by atoms with Gasteiger partial charge in [-0.3, -0.25) is 29.0 Å². The molecule has 0 unspecified atom stereocenters. The van der Waals surface area contributed by atoms with Crippen molar-refractivity contribution in [1.29, 1.82) is 0 Å². The van der Waals surface area contributed by atoms with E-state index in [2.05, 4.69) is 9.97 Å². The van der Waals surface area contributed by atoms with Gasteiger partial charge in [0.25, 0.3) is 23.6 Å². The van der Waals surface area contributed by atoms with Gasteiger partial charge in [-0.2, -0.15) is 0 Å². The minimum atomic E-state index is -0.325. The number of hydrogen-bond donors (Lipinski definition) is 0. The van der Waals surface area contributed by atoms with Crippen molar-refractivity contribution in [1.82, 2.24) is 28.9 Å². The molecule has 4 amide bonds. The van der Waals surface area contributed by atoms with Gasteiger partial charge in [0.1, 0.15) is 0 Å². The summed E-state index contributed by atoms with van der Waals surface area (Å²) in [6.07, 6.45) is 11.7. The monoisotopic (exact) mass is 508 g/mol. The summed E-state index contributed by atoms with van der Waals surface area (Å²) in [7, 11) is 0. The lowest BCUT2D eigenvalue weighted by Gasteiger charge is -2.13. The maximum atomic E-state index is 13.1. The first-order chi connectivity index (χ1) is 18.5. The van der Waals surface area contributed by atoms with Crippen molar-refractivity contribution in [3.8, 4) is 11.1 Å². The number of carbonyl (C=O) groups is 4. The Hall–Kier alpha value is -4.86. The van der Waals surface area contributed by atoms with Crippen molar-refractivity contribution in [2.45, 2.75) is 25.9 Å². The summed E-state index contributed by atoms with van der Waals surface area (Å²) in [4.78, 5) is 62.4. The number of carbonyl (C=O) groups excluding carboxylic acids is 4. The van der Waals surface area contributed by atoms with Crippen molar-refractivity contribution in [3.05, 3.63) is 96.1 Å². The Labute approximate surface area is 218 Å². The Bertz CT molecular complexity index is 1440. The Kier molecular flexibility index (Phi) is 5.91. The van der Waals surface area contributed by atoms with Gasteiger partial charge in [0.2, 0.25) is 0 Å². The summed E-state index contributed by atoms with van der Waals surface area (Å²) in [5.74, 6) is -1.26. The van der Waals surface area contributed by atoms with E-state index in [-0.39, 0.29) is 23.6 Å². The van der Waals surface area contributed by atoms with Crippen LogP contribution in [0.15, 0.2) is 73.8 Å². The molecule has 2 aromatic heterocycles. The number of hydrogen-bond acceptors (Lipinski definition) is 6. The largest absolute Gasteiger partial charge is 0.337 e. The quantitative estimate of drug-likeness (QED) is 0.321. The smallest absolute Gasteiger partial charge is 0.261 e. The van der Waals surface area contributed by atoms with Gasteiger partial charge in [-0.15, -0.1) is 0 Å². The van der Waals surface area contributed by atoms with Crippen LogP contribution < -0.4 is 0 Å². The van der Waals surface area contributed by atoms with E-state index in [0.29, 0.717) is 72.4 Å². The van der Waals surface area contributed by atoms with Crippen molar-refractivity contribution >= 4 is 23.6 Å². The molecule has 38 heavy (non-hydrogen) atoms. The van der Waals surface area contributed by atoms with Gasteiger partial charge in [0.05, 0.1) is 34.9 Å². The molecule has 6 rings (SSSR count). The molecule has 10 nitrogen and oxygen atoms in total. The normalized spacial score (nSPS) is 14.5. The molecular formula is C28H24N6O4. The molecule has 0 aliphatic carbocycles. The predicted molar refractivity (Wildman–Crippen MR) is 136 cm³/mol. The fourth-order valence-corrected chi connectivity index (χ4v) is 5.01. The summed E-state index contributed by atoms with van der Waals surface area (Å²) in [5, 5.41) is 0. The van der Waals surface area contributed by atoms with Crippen LogP contribution in [0.1, 0.15) is 54.3 Å². The lowest BCUT2D eigenvalue weighted by atomic mass is 9.97. The third kappa shape index (κ3) is 4.09. The van der Waals surface area contributed by atoms with E-state index in [0.717, 1.165) is 0 Å². The average Bonchev–Trinajstić information content (AvgIpc) is 3.73. The lowest BCUT2D eigenvalue weighted by molar-refractivity contribution is 0.0635. The molecule has 2 aliphatic heterocycles. The van der Waals surface area contributed by atoms with Gasteiger partial charge >= 0.3 is 0 Å². The van der Waals surface area contributed by atoms with Crippen molar-refractivity contribution in [3.63, 3.8) is 0 Å². The molecule has 0 saturated heterocycles. The molecule has 0 bridgehead atoms. The second-order valence-electron chi connectivity index (χ2n) is 9.35. The molecule has 0 fully saturated rings. The molecule has 2 aromatic carbocycles. The molecule has 0 saturated carbocycles. The van der Waals surface area contributed by atoms with Crippen LogP contribution >= 0.6 is 0 Å². The average molecular weight is 509 g/mol. The Morgan fingerprint density at radius 2 is 0.947 bits per heavy atom. The summed E-state index contributed by atoms with van der Waals surface area (Å²) >= 11 is 0. The van der Waals surface area contributed by atoms with Crippen LogP contribution in [0.25, 0.3) is 11.1 Å². The molecule has 10 heteroatoms. The Morgan fingerprint density at radius 3 is 1.34 bits per heavy atom. The van der Waals surface area contributed by atoms with E-state index in [1.54, 1.807) is 61.4 Å². The van der Waals surface area contributed by atoms with Crippen molar-refractivity contribution in [2.24, 2.45) is 0 Å². The van der Waals surface area contributed by atoms with Gasteiger partial charge in [-0.25, -0.2) is 9.97 Å². The van der Waals surface area contributed by atoms with Gasteiger partial charge in [0, 0.05) is 51.0 Å². The van der Waals surface area contributed by atoms with Crippen molar-refractivity contribution in [2.75, 3.05) is 13.1 Å². The Morgan fingerprint density at radius 1 is 0.526 bits per heavy atom. The Balaban J connectivity index is 1.17. The molecule has 190 valence electrons. The molecule has 4 aromatic rings. The van der Waals surface area contributed by atoms with Crippen LogP contribution in [0.5, 0.6) is 0 Å². The van der Waals surface area contributed by atoms with E-state index < -0.39 is 0 Å². The van der Waals surface area contributed by atoms with Crippen LogP contribution in [-0.2, 0) is 13.1 Å². The number of rotatable bonds is 9. The van der Waals surface area contributed by atoms with Gasteiger partial charge in [-0.05, 0) is 48.2 Å². The first kappa shape index (κ1) is 23.5. The van der Waals surface area contributed by atoms with Gasteiger partial charge < -0.3 is 9.13 Å². The second kappa shape index (κ2) is 9.55. The number of imide groups is 2. The first-order valence-electron chi connectivity index (χ1n) is 12.4. The second-order valence-corrected chi connectivity index (χ2v) is 9.35. The zero-order valence-corrected chi connectivity index (χ0v) is 20.5.